The summed E-state index contributed by atoms with van der Waals surface area (Å²) in [5, 5.41) is 12.0. The molecule has 0 fully saturated rings. The van der Waals surface area contributed by atoms with Crippen LogP contribution in [0.2, 0.25) is 0 Å². The Bertz CT molecular complexity index is 928. The van der Waals surface area contributed by atoms with Crippen molar-refractivity contribution in [1.29, 1.82) is 0 Å². The molecule has 7 heteroatoms. The Morgan fingerprint density at radius 2 is 2.00 bits per heavy atom. The number of nitrogens with one attached hydrogen (secondary N) is 1. The van der Waals surface area contributed by atoms with Gasteiger partial charge in [-0.25, -0.2) is 19.0 Å². The SMILES string of the molecule is Fc1ccccc1Cn1nc(-c2ncn[nH]2)c2cccnc21. The van der Waals surface area contributed by atoms with E-state index < -0.39 is 0 Å². The smallest absolute Gasteiger partial charge is 0.176 e. The molecule has 4 rings (SSSR count). The number of H-pyrrole nitrogens is 1. The van der Waals surface area contributed by atoms with Crippen molar-refractivity contribution in [2.24, 2.45) is 0 Å². The zero-order chi connectivity index (χ0) is 14.9. The zero-order valence-corrected chi connectivity index (χ0v) is 11.4. The van der Waals surface area contributed by atoms with Gasteiger partial charge in [-0.1, -0.05) is 18.2 Å². The van der Waals surface area contributed by atoms with E-state index in [0.29, 0.717) is 29.3 Å². The fraction of sp³-hybridized carbons (Fsp3) is 0.0667. The van der Waals surface area contributed by atoms with Gasteiger partial charge in [0.15, 0.2) is 11.5 Å². The Balaban J connectivity index is 1.87. The first-order valence-corrected chi connectivity index (χ1v) is 6.73. The number of rotatable bonds is 3. The Labute approximate surface area is 124 Å². The second-order valence-corrected chi connectivity index (χ2v) is 4.81. The third kappa shape index (κ3) is 2.03. The molecule has 4 aromatic rings. The molecule has 3 heterocycles. The second kappa shape index (κ2) is 5.03. The molecule has 22 heavy (non-hydrogen) atoms. The summed E-state index contributed by atoms with van der Waals surface area (Å²) in [6.07, 6.45) is 3.11. The van der Waals surface area contributed by atoms with Crippen LogP contribution in [0.25, 0.3) is 22.6 Å². The van der Waals surface area contributed by atoms with Crippen molar-refractivity contribution in [2.75, 3.05) is 0 Å². The Hall–Kier alpha value is -3.09. The molecule has 0 saturated heterocycles. The molecule has 0 aliphatic rings. The maximum Gasteiger partial charge on any atom is 0.176 e. The van der Waals surface area contributed by atoms with E-state index in [1.54, 1.807) is 29.1 Å². The van der Waals surface area contributed by atoms with Crippen molar-refractivity contribution in [1.82, 2.24) is 29.9 Å². The zero-order valence-electron chi connectivity index (χ0n) is 11.4. The first kappa shape index (κ1) is 12.6. The van der Waals surface area contributed by atoms with E-state index in [-0.39, 0.29) is 5.82 Å². The molecule has 0 aliphatic carbocycles. The second-order valence-electron chi connectivity index (χ2n) is 4.81. The lowest BCUT2D eigenvalue weighted by Crippen LogP contribution is -2.04. The van der Waals surface area contributed by atoms with E-state index >= 15 is 0 Å². The Morgan fingerprint density at radius 1 is 1.09 bits per heavy atom. The molecule has 0 saturated carbocycles. The molecule has 6 nitrogen and oxygen atoms in total. The van der Waals surface area contributed by atoms with Crippen molar-refractivity contribution < 1.29 is 4.39 Å². The summed E-state index contributed by atoms with van der Waals surface area (Å²) in [6.45, 7) is 0.300. The van der Waals surface area contributed by atoms with Crippen LogP contribution in [0.3, 0.4) is 0 Å². The van der Waals surface area contributed by atoms with Gasteiger partial charge in [-0.05, 0) is 18.2 Å². The molecule has 0 radical (unpaired) electrons. The number of nitrogens with zero attached hydrogens (tertiary/aromatic N) is 5. The van der Waals surface area contributed by atoms with Crippen LogP contribution in [0.5, 0.6) is 0 Å². The van der Waals surface area contributed by atoms with Gasteiger partial charge in [-0.15, -0.1) is 0 Å². The fourth-order valence-electron chi connectivity index (χ4n) is 2.40. The number of benzene rings is 1. The highest BCUT2D eigenvalue weighted by molar-refractivity contribution is 5.89. The average molecular weight is 294 g/mol. The van der Waals surface area contributed by atoms with Crippen LogP contribution >= 0.6 is 0 Å². The largest absolute Gasteiger partial charge is 0.258 e. The van der Waals surface area contributed by atoms with Gasteiger partial charge in [0.1, 0.15) is 17.8 Å². The minimum absolute atomic E-state index is 0.261. The van der Waals surface area contributed by atoms with Gasteiger partial charge >= 0.3 is 0 Å². The summed E-state index contributed by atoms with van der Waals surface area (Å²) >= 11 is 0. The Kier molecular flexibility index (Phi) is 2.89. The third-order valence-corrected chi connectivity index (χ3v) is 3.42. The van der Waals surface area contributed by atoms with Gasteiger partial charge < -0.3 is 0 Å². The van der Waals surface area contributed by atoms with E-state index in [9.17, 15) is 4.39 Å². The van der Waals surface area contributed by atoms with Gasteiger partial charge in [-0.2, -0.15) is 10.2 Å². The van der Waals surface area contributed by atoms with E-state index in [0.717, 1.165) is 5.39 Å². The average Bonchev–Trinajstić information content (AvgIpc) is 3.18. The molecule has 108 valence electrons. The summed E-state index contributed by atoms with van der Waals surface area (Å²) in [7, 11) is 0. The number of pyridine rings is 1. The summed E-state index contributed by atoms with van der Waals surface area (Å²) in [6, 6.07) is 10.4. The number of halogens is 1. The molecule has 0 amide bonds. The maximum atomic E-state index is 13.9. The summed E-state index contributed by atoms with van der Waals surface area (Å²) < 4.78 is 15.5. The van der Waals surface area contributed by atoms with Gasteiger partial charge in [0.25, 0.3) is 0 Å². The Morgan fingerprint density at radius 3 is 2.82 bits per heavy atom. The highest BCUT2D eigenvalue weighted by Crippen LogP contribution is 2.24. The normalized spacial score (nSPS) is 11.1. The highest BCUT2D eigenvalue weighted by atomic mass is 19.1. The lowest BCUT2D eigenvalue weighted by Gasteiger charge is -2.04. The number of aromatic amines is 1. The molecular weight excluding hydrogens is 283 g/mol. The third-order valence-electron chi connectivity index (χ3n) is 3.42. The molecule has 1 N–H and O–H groups in total. The van der Waals surface area contributed by atoms with Crippen LogP contribution in [-0.2, 0) is 6.54 Å². The van der Waals surface area contributed by atoms with Crippen LogP contribution in [0, 0.1) is 5.82 Å². The van der Waals surface area contributed by atoms with Crippen LogP contribution in [-0.4, -0.2) is 29.9 Å². The molecule has 0 spiro atoms. The first-order chi connectivity index (χ1) is 10.8. The lowest BCUT2D eigenvalue weighted by atomic mass is 10.2. The molecule has 3 aromatic heterocycles. The first-order valence-electron chi connectivity index (χ1n) is 6.73. The molecular formula is C15H11FN6. The van der Waals surface area contributed by atoms with Gasteiger partial charge in [0.2, 0.25) is 0 Å². The number of hydrogen-bond acceptors (Lipinski definition) is 4. The van der Waals surface area contributed by atoms with Crippen LogP contribution in [0.4, 0.5) is 4.39 Å². The summed E-state index contributed by atoms with van der Waals surface area (Å²) in [4.78, 5) is 8.48. The topological polar surface area (TPSA) is 72.3 Å². The number of fused-ring (bicyclic) bond motifs is 1. The quantitative estimate of drug-likeness (QED) is 0.630. The minimum atomic E-state index is -0.261. The molecule has 0 unspecified atom stereocenters. The van der Waals surface area contributed by atoms with E-state index in [1.165, 1.54) is 12.4 Å². The predicted molar refractivity (Wildman–Crippen MR) is 78.4 cm³/mol. The molecule has 0 bridgehead atoms. The molecule has 1 aromatic carbocycles. The van der Waals surface area contributed by atoms with Crippen LogP contribution in [0.15, 0.2) is 48.9 Å². The number of hydrogen-bond donors (Lipinski definition) is 1. The van der Waals surface area contributed by atoms with Crippen molar-refractivity contribution in [3.05, 3.63) is 60.3 Å². The lowest BCUT2D eigenvalue weighted by molar-refractivity contribution is 0.589. The van der Waals surface area contributed by atoms with Crippen LogP contribution in [0.1, 0.15) is 5.56 Å². The van der Waals surface area contributed by atoms with E-state index in [2.05, 4.69) is 25.3 Å². The van der Waals surface area contributed by atoms with Gasteiger partial charge in [-0.3, -0.25) is 5.10 Å². The van der Waals surface area contributed by atoms with E-state index in [4.69, 9.17) is 0 Å². The van der Waals surface area contributed by atoms with E-state index in [1.807, 2.05) is 12.1 Å². The highest BCUT2D eigenvalue weighted by Gasteiger charge is 2.16. The minimum Gasteiger partial charge on any atom is -0.258 e. The summed E-state index contributed by atoms with van der Waals surface area (Å²) in [5.41, 5.74) is 1.88. The molecule has 0 atom stereocenters. The maximum absolute atomic E-state index is 13.9. The molecule has 0 aliphatic heterocycles. The van der Waals surface area contributed by atoms with Crippen molar-refractivity contribution in [2.45, 2.75) is 6.54 Å². The van der Waals surface area contributed by atoms with Crippen molar-refractivity contribution in [3.8, 4) is 11.5 Å². The van der Waals surface area contributed by atoms with Gasteiger partial charge in [0.05, 0.1) is 11.9 Å². The van der Waals surface area contributed by atoms with Gasteiger partial charge in [0, 0.05) is 11.8 Å². The number of aromatic nitrogens is 6. The van der Waals surface area contributed by atoms with Crippen molar-refractivity contribution >= 4 is 11.0 Å². The monoisotopic (exact) mass is 294 g/mol. The van der Waals surface area contributed by atoms with Crippen LogP contribution < -0.4 is 0 Å². The summed E-state index contributed by atoms with van der Waals surface area (Å²) in [5.74, 6) is 0.300. The fourth-order valence-corrected chi connectivity index (χ4v) is 2.40. The van der Waals surface area contributed by atoms with Crippen molar-refractivity contribution in [3.63, 3.8) is 0 Å². The standard InChI is InChI=1S/C15H11FN6/c16-12-6-2-1-4-10(12)8-22-15-11(5-3-7-17-15)13(21-22)14-18-9-19-20-14/h1-7,9H,8H2,(H,18,19,20). The predicted octanol–water partition coefficient (Wildman–Crippen LogP) is 2.40.